The van der Waals surface area contributed by atoms with Gasteiger partial charge in [-0.15, -0.1) is 0 Å². The highest BCUT2D eigenvalue weighted by Crippen LogP contribution is 2.31. The average Bonchev–Trinajstić information content (AvgIpc) is 2.50. The Labute approximate surface area is 125 Å². The molecule has 0 spiro atoms. The van der Waals surface area contributed by atoms with Gasteiger partial charge in [-0.05, 0) is 49.1 Å². The molecule has 1 N–H and O–H groups in total. The van der Waals surface area contributed by atoms with Gasteiger partial charge in [0.2, 0.25) is 0 Å². The molecule has 0 aliphatic heterocycles. The normalized spacial score (nSPS) is 19.6. The first-order chi connectivity index (χ1) is 9.85. The van der Waals surface area contributed by atoms with Crippen molar-refractivity contribution in [1.29, 1.82) is 0 Å². The summed E-state index contributed by atoms with van der Waals surface area (Å²) in [6.07, 6.45) is 10.6. The lowest BCUT2D eigenvalue weighted by Gasteiger charge is -2.28. The minimum Gasteiger partial charge on any atom is -0.313 e. The number of fused-ring (bicyclic) bond motifs is 1. The largest absolute Gasteiger partial charge is 0.313 e. The van der Waals surface area contributed by atoms with E-state index in [1.807, 2.05) is 0 Å². The van der Waals surface area contributed by atoms with Gasteiger partial charge in [0.1, 0.15) is 0 Å². The number of rotatable bonds is 8. The van der Waals surface area contributed by atoms with Crippen molar-refractivity contribution in [3.05, 3.63) is 35.4 Å². The van der Waals surface area contributed by atoms with E-state index in [1.54, 1.807) is 11.1 Å². The van der Waals surface area contributed by atoms with Gasteiger partial charge in [-0.1, -0.05) is 57.4 Å². The van der Waals surface area contributed by atoms with Crippen molar-refractivity contribution in [2.75, 3.05) is 6.54 Å². The second-order valence-corrected chi connectivity index (χ2v) is 6.32. The lowest BCUT2D eigenvalue weighted by Crippen LogP contribution is -2.33. The van der Waals surface area contributed by atoms with Crippen LogP contribution in [0.3, 0.4) is 0 Å². The summed E-state index contributed by atoms with van der Waals surface area (Å²) < 4.78 is 0. The van der Waals surface area contributed by atoms with Gasteiger partial charge < -0.3 is 5.32 Å². The Morgan fingerprint density at radius 2 is 2.00 bits per heavy atom. The molecule has 2 atom stereocenters. The fourth-order valence-electron chi connectivity index (χ4n) is 3.52. The van der Waals surface area contributed by atoms with Crippen LogP contribution in [0.4, 0.5) is 0 Å². The number of hydrogen-bond acceptors (Lipinski definition) is 1. The van der Waals surface area contributed by atoms with Crippen molar-refractivity contribution >= 4 is 0 Å². The standard InChI is InChI=1S/C19H31N/c1-3-5-13-18(9-4-2)20-15-17-12-8-11-16-10-6-7-14-19(16)17/h6-7,10,14,17-18,20H,3-5,8-9,11-13,15H2,1-2H3. The van der Waals surface area contributed by atoms with Crippen LogP contribution in [0.15, 0.2) is 24.3 Å². The van der Waals surface area contributed by atoms with E-state index < -0.39 is 0 Å². The first-order valence-corrected chi connectivity index (χ1v) is 8.66. The Balaban J connectivity index is 1.89. The SMILES string of the molecule is CCCCC(CCC)NCC1CCCc2ccccc21. The van der Waals surface area contributed by atoms with E-state index in [0.29, 0.717) is 0 Å². The number of benzene rings is 1. The number of hydrogen-bond donors (Lipinski definition) is 1. The second-order valence-electron chi connectivity index (χ2n) is 6.32. The summed E-state index contributed by atoms with van der Waals surface area (Å²) in [5.41, 5.74) is 3.20. The van der Waals surface area contributed by atoms with E-state index in [-0.39, 0.29) is 0 Å². The van der Waals surface area contributed by atoms with Gasteiger partial charge in [0, 0.05) is 12.6 Å². The summed E-state index contributed by atoms with van der Waals surface area (Å²) in [6.45, 7) is 5.77. The monoisotopic (exact) mass is 273 g/mol. The van der Waals surface area contributed by atoms with Crippen molar-refractivity contribution in [1.82, 2.24) is 5.32 Å². The predicted octanol–water partition coefficient (Wildman–Crippen LogP) is 5.06. The zero-order valence-corrected chi connectivity index (χ0v) is 13.3. The van der Waals surface area contributed by atoms with E-state index in [4.69, 9.17) is 0 Å². The summed E-state index contributed by atoms with van der Waals surface area (Å²) >= 11 is 0. The molecule has 1 aliphatic rings. The van der Waals surface area contributed by atoms with E-state index in [2.05, 4.69) is 43.4 Å². The zero-order valence-electron chi connectivity index (χ0n) is 13.3. The smallest absolute Gasteiger partial charge is 0.00672 e. The number of nitrogens with one attached hydrogen (secondary N) is 1. The van der Waals surface area contributed by atoms with Crippen LogP contribution in [-0.4, -0.2) is 12.6 Å². The molecular formula is C19H31N. The predicted molar refractivity (Wildman–Crippen MR) is 88.3 cm³/mol. The third-order valence-electron chi connectivity index (χ3n) is 4.69. The Kier molecular flexibility index (Phi) is 6.59. The van der Waals surface area contributed by atoms with Gasteiger partial charge in [-0.2, -0.15) is 0 Å². The van der Waals surface area contributed by atoms with Gasteiger partial charge in [0.15, 0.2) is 0 Å². The Bertz CT molecular complexity index is 385. The van der Waals surface area contributed by atoms with Gasteiger partial charge in [0.05, 0.1) is 0 Å². The third-order valence-corrected chi connectivity index (χ3v) is 4.69. The van der Waals surface area contributed by atoms with Crippen molar-refractivity contribution in [2.45, 2.75) is 77.2 Å². The number of unbranched alkanes of at least 4 members (excludes halogenated alkanes) is 1. The summed E-state index contributed by atoms with van der Waals surface area (Å²) in [7, 11) is 0. The van der Waals surface area contributed by atoms with Crippen LogP contribution in [0.2, 0.25) is 0 Å². The van der Waals surface area contributed by atoms with E-state index in [1.165, 1.54) is 57.9 Å². The van der Waals surface area contributed by atoms with Crippen molar-refractivity contribution in [3.63, 3.8) is 0 Å². The first-order valence-electron chi connectivity index (χ1n) is 8.66. The molecule has 0 fully saturated rings. The average molecular weight is 273 g/mol. The molecule has 0 saturated heterocycles. The summed E-state index contributed by atoms with van der Waals surface area (Å²) in [4.78, 5) is 0. The molecule has 20 heavy (non-hydrogen) atoms. The molecular weight excluding hydrogens is 242 g/mol. The molecule has 1 aliphatic carbocycles. The summed E-state index contributed by atoms with van der Waals surface area (Å²) in [5, 5.41) is 3.87. The lowest BCUT2D eigenvalue weighted by molar-refractivity contribution is 0.404. The topological polar surface area (TPSA) is 12.0 Å². The Morgan fingerprint density at radius 3 is 2.80 bits per heavy atom. The van der Waals surface area contributed by atoms with Crippen LogP contribution in [0.5, 0.6) is 0 Å². The van der Waals surface area contributed by atoms with E-state index in [9.17, 15) is 0 Å². The van der Waals surface area contributed by atoms with Crippen LogP contribution in [-0.2, 0) is 6.42 Å². The molecule has 1 heteroatoms. The molecule has 2 rings (SSSR count). The molecule has 1 aromatic carbocycles. The Morgan fingerprint density at radius 1 is 1.15 bits per heavy atom. The van der Waals surface area contributed by atoms with Crippen LogP contribution >= 0.6 is 0 Å². The molecule has 1 nitrogen and oxygen atoms in total. The molecule has 0 amide bonds. The highest BCUT2D eigenvalue weighted by molar-refractivity contribution is 5.32. The van der Waals surface area contributed by atoms with Crippen molar-refractivity contribution in [2.24, 2.45) is 0 Å². The molecule has 2 unspecified atom stereocenters. The summed E-state index contributed by atoms with van der Waals surface area (Å²) in [5.74, 6) is 0.737. The molecule has 0 bridgehead atoms. The quantitative estimate of drug-likeness (QED) is 0.698. The lowest BCUT2D eigenvalue weighted by atomic mass is 9.82. The molecule has 0 saturated carbocycles. The molecule has 0 radical (unpaired) electrons. The van der Waals surface area contributed by atoms with Crippen LogP contribution in [0, 0.1) is 0 Å². The zero-order chi connectivity index (χ0) is 14.2. The van der Waals surface area contributed by atoms with E-state index >= 15 is 0 Å². The summed E-state index contributed by atoms with van der Waals surface area (Å²) in [6, 6.07) is 9.80. The van der Waals surface area contributed by atoms with Crippen LogP contribution < -0.4 is 5.32 Å². The molecule has 1 aromatic rings. The van der Waals surface area contributed by atoms with Crippen LogP contribution in [0.25, 0.3) is 0 Å². The van der Waals surface area contributed by atoms with Gasteiger partial charge >= 0.3 is 0 Å². The maximum Gasteiger partial charge on any atom is 0.00672 e. The highest BCUT2D eigenvalue weighted by atomic mass is 14.9. The van der Waals surface area contributed by atoms with Gasteiger partial charge in [-0.3, -0.25) is 0 Å². The minimum atomic E-state index is 0.731. The van der Waals surface area contributed by atoms with Gasteiger partial charge in [0.25, 0.3) is 0 Å². The van der Waals surface area contributed by atoms with Crippen LogP contribution in [0.1, 0.15) is 75.8 Å². The molecule has 0 aromatic heterocycles. The molecule has 0 heterocycles. The second kappa shape index (κ2) is 8.46. The molecule has 112 valence electrons. The Hall–Kier alpha value is -0.820. The maximum atomic E-state index is 3.87. The fourth-order valence-corrected chi connectivity index (χ4v) is 3.52. The maximum absolute atomic E-state index is 3.87. The van der Waals surface area contributed by atoms with Crippen molar-refractivity contribution < 1.29 is 0 Å². The highest BCUT2D eigenvalue weighted by Gasteiger charge is 2.20. The number of aryl methyl sites for hydroxylation is 1. The van der Waals surface area contributed by atoms with Crippen molar-refractivity contribution in [3.8, 4) is 0 Å². The first kappa shape index (κ1) is 15.6. The van der Waals surface area contributed by atoms with Gasteiger partial charge in [-0.25, -0.2) is 0 Å². The third kappa shape index (κ3) is 4.34. The van der Waals surface area contributed by atoms with E-state index in [0.717, 1.165) is 12.0 Å². The minimum absolute atomic E-state index is 0.731. The fraction of sp³-hybridized carbons (Fsp3) is 0.684.